The van der Waals surface area contributed by atoms with Crippen LogP contribution in [0.1, 0.15) is 48.5 Å². The summed E-state index contributed by atoms with van der Waals surface area (Å²) in [5.74, 6) is 1.69. The smallest absolute Gasteiger partial charge is 0.163 e. The van der Waals surface area contributed by atoms with Gasteiger partial charge in [-0.2, -0.15) is 0 Å². The van der Waals surface area contributed by atoms with Gasteiger partial charge >= 0.3 is 0 Å². The zero-order valence-corrected chi connectivity index (χ0v) is 9.29. The van der Waals surface area contributed by atoms with E-state index in [-0.39, 0.29) is 0 Å². The molecule has 1 aromatic carbocycles. The van der Waals surface area contributed by atoms with Gasteiger partial charge in [-0.15, -0.1) is 0 Å². The molecule has 0 saturated heterocycles. The maximum Gasteiger partial charge on any atom is 0.163 e. The van der Waals surface area contributed by atoms with Crippen LogP contribution < -0.4 is 0 Å². The van der Waals surface area contributed by atoms with Crippen LogP contribution in [0, 0.1) is 11.3 Å². The molecule has 0 N–H and O–H groups in total. The Morgan fingerprint density at radius 1 is 1.27 bits per heavy atom. The van der Waals surface area contributed by atoms with Gasteiger partial charge in [0.2, 0.25) is 0 Å². The molecule has 2 atom stereocenters. The maximum absolute atomic E-state index is 11.9. The average Bonchev–Trinajstić information content (AvgIpc) is 2.81. The summed E-state index contributed by atoms with van der Waals surface area (Å²) < 4.78 is 0. The highest BCUT2D eigenvalue weighted by Crippen LogP contribution is 2.67. The number of carbonyl (C=O) groups excluding carboxylic acids is 1. The fraction of sp³-hybridized carbons (Fsp3) is 0.500. The summed E-state index contributed by atoms with van der Waals surface area (Å²) in [6, 6.07) is 8.18. The fourth-order valence-corrected chi connectivity index (χ4v) is 3.34. The van der Waals surface area contributed by atoms with E-state index in [1.807, 2.05) is 12.1 Å². The lowest BCUT2D eigenvalue weighted by atomic mass is 9.94. The summed E-state index contributed by atoms with van der Waals surface area (Å²) in [5, 5.41) is 0. The van der Waals surface area contributed by atoms with Crippen LogP contribution in [-0.4, -0.2) is 5.78 Å². The Morgan fingerprint density at radius 2 is 2.00 bits per heavy atom. The lowest BCUT2D eigenvalue weighted by Crippen LogP contribution is -2.04. The van der Waals surface area contributed by atoms with Crippen LogP contribution in [0.2, 0.25) is 0 Å². The van der Waals surface area contributed by atoms with Crippen molar-refractivity contribution in [2.45, 2.75) is 32.6 Å². The van der Waals surface area contributed by atoms with Crippen LogP contribution in [0.15, 0.2) is 24.3 Å². The van der Waals surface area contributed by atoms with E-state index >= 15 is 0 Å². The third-order valence-electron chi connectivity index (χ3n) is 4.33. The van der Waals surface area contributed by atoms with Gasteiger partial charge in [-0.1, -0.05) is 38.1 Å². The van der Waals surface area contributed by atoms with Crippen molar-refractivity contribution >= 4 is 5.78 Å². The third-order valence-corrected chi connectivity index (χ3v) is 4.33. The molecule has 78 valence electrons. The predicted octanol–water partition coefficient (Wildman–Crippen LogP) is 3.40. The molecule has 3 rings (SSSR count). The Morgan fingerprint density at radius 3 is 2.80 bits per heavy atom. The molecule has 0 unspecified atom stereocenters. The molecule has 0 radical (unpaired) electrons. The van der Waals surface area contributed by atoms with Crippen molar-refractivity contribution in [1.29, 1.82) is 0 Å². The molecule has 0 aromatic heterocycles. The lowest BCUT2D eigenvalue weighted by Gasteiger charge is -2.09. The molecule has 1 fully saturated rings. The summed E-state index contributed by atoms with van der Waals surface area (Å²) in [6.45, 7) is 4.66. The Balaban J connectivity index is 2.14. The summed E-state index contributed by atoms with van der Waals surface area (Å²) in [7, 11) is 0. The van der Waals surface area contributed by atoms with Crippen LogP contribution in [0.3, 0.4) is 0 Å². The highest BCUT2D eigenvalue weighted by Gasteiger charge is 2.59. The Bertz CT molecular complexity index is 431. The highest BCUT2D eigenvalue weighted by molar-refractivity contribution is 5.98. The van der Waals surface area contributed by atoms with Gasteiger partial charge in [-0.05, 0) is 29.2 Å². The monoisotopic (exact) mass is 200 g/mol. The normalized spacial score (nSPS) is 31.5. The van der Waals surface area contributed by atoms with Gasteiger partial charge in [-0.25, -0.2) is 0 Å². The molecule has 1 aromatic rings. The van der Waals surface area contributed by atoms with Crippen molar-refractivity contribution in [3.63, 3.8) is 0 Å². The van der Waals surface area contributed by atoms with Crippen LogP contribution >= 0.6 is 0 Å². The number of rotatable bonds is 0. The molecule has 2 aliphatic rings. The second kappa shape index (κ2) is 2.72. The fourth-order valence-electron chi connectivity index (χ4n) is 3.34. The van der Waals surface area contributed by atoms with Gasteiger partial charge in [0, 0.05) is 12.0 Å². The second-order valence-electron chi connectivity index (χ2n) is 5.45. The van der Waals surface area contributed by atoms with Crippen molar-refractivity contribution in [3.8, 4) is 0 Å². The molecule has 15 heavy (non-hydrogen) atoms. The molecule has 1 saturated carbocycles. The number of carbonyl (C=O) groups is 1. The zero-order valence-electron chi connectivity index (χ0n) is 9.29. The number of hydrogen-bond donors (Lipinski definition) is 0. The minimum Gasteiger partial charge on any atom is -0.294 e. The van der Waals surface area contributed by atoms with Crippen LogP contribution in [0.4, 0.5) is 0 Å². The Kier molecular flexibility index (Phi) is 1.66. The van der Waals surface area contributed by atoms with Crippen molar-refractivity contribution in [2.24, 2.45) is 11.3 Å². The van der Waals surface area contributed by atoms with Gasteiger partial charge in [0.1, 0.15) is 0 Å². The first-order valence-electron chi connectivity index (χ1n) is 5.74. The largest absolute Gasteiger partial charge is 0.294 e. The second-order valence-corrected chi connectivity index (χ2v) is 5.45. The van der Waals surface area contributed by atoms with Gasteiger partial charge in [0.25, 0.3) is 0 Å². The molecular weight excluding hydrogens is 184 g/mol. The third kappa shape index (κ3) is 1.12. The molecule has 1 nitrogen and oxygen atoms in total. The number of hydrogen-bond acceptors (Lipinski definition) is 1. The maximum atomic E-state index is 11.9. The van der Waals surface area contributed by atoms with E-state index in [4.69, 9.17) is 0 Å². The van der Waals surface area contributed by atoms with Crippen LogP contribution in [0.25, 0.3) is 0 Å². The SMILES string of the molecule is CC1(C)[C@@H]2c3ccccc3C(=O)CC[C@@H]21. The quantitative estimate of drug-likeness (QED) is 0.627. The van der Waals surface area contributed by atoms with E-state index in [1.54, 1.807) is 0 Å². The van der Waals surface area contributed by atoms with E-state index in [9.17, 15) is 4.79 Å². The van der Waals surface area contributed by atoms with E-state index in [2.05, 4.69) is 26.0 Å². The van der Waals surface area contributed by atoms with Crippen LogP contribution in [-0.2, 0) is 0 Å². The van der Waals surface area contributed by atoms with Crippen molar-refractivity contribution in [1.82, 2.24) is 0 Å². The predicted molar refractivity (Wildman–Crippen MR) is 60.0 cm³/mol. The molecular formula is C14H16O. The van der Waals surface area contributed by atoms with E-state index in [0.29, 0.717) is 17.1 Å². The summed E-state index contributed by atoms with van der Waals surface area (Å²) in [5.41, 5.74) is 2.70. The lowest BCUT2D eigenvalue weighted by molar-refractivity contribution is 0.0978. The molecule has 0 amide bonds. The molecule has 0 spiro atoms. The number of fused-ring (bicyclic) bond motifs is 3. The zero-order chi connectivity index (χ0) is 10.6. The number of ketones is 1. The highest BCUT2D eigenvalue weighted by atomic mass is 16.1. The number of Topliss-reactive ketones (excluding diaryl/α,β-unsaturated/α-hetero) is 1. The van der Waals surface area contributed by atoms with Gasteiger partial charge in [0.05, 0.1) is 0 Å². The first-order valence-corrected chi connectivity index (χ1v) is 5.74. The standard InChI is InChI=1S/C14H16O/c1-14(2)11-7-8-12(15)9-5-3-4-6-10(9)13(11)14/h3-6,11,13H,7-8H2,1-2H3/t11-,13+/m0/s1. The molecule has 0 heterocycles. The van der Waals surface area contributed by atoms with E-state index < -0.39 is 0 Å². The van der Waals surface area contributed by atoms with Crippen molar-refractivity contribution in [3.05, 3.63) is 35.4 Å². The summed E-state index contributed by atoms with van der Waals surface area (Å²) >= 11 is 0. The minimum absolute atomic E-state index is 0.341. The average molecular weight is 200 g/mol. The van der Waals surface area contributed by atoms with E-state index in [0.717, 1.165) is 24.3 Å². The topological polar surface area (TPSA) is 17.1 Å². The first-order chi connectivity index (χ1) is 7.12. The van der Waals surface area contributed by atoms with Crippen molar-refractivity contribution in [2.75, 3.05) is 0 Å². The molecule has 2 aliphatic carbocycles. The summed E-state index contributed by atoms with van der Waals surface area (Å²) in [4.78, 5) is 11.9. The number of benzene rings is 1. The Hall–Kier alpha value is -1.11. The molecule has 0 aliphatic heterocycles. The van der Waals surface area contributed by atoms with E-state index in [1.165, 1.54) is 5.56 Å². The van der Waals surface area contributed by atoms with Gasteiger partial charge in [-0.3, -0.25) is 4.79 Å². The van der Waals surface area contributed by atoms with Crippen LogP contribution in [0.5, 0.6) is 0 Å². The Labute approximate surface area is 90.5 Å². The van der Waals surface area contributed by atoms with Gasteiger partial charge < -0.3 is 0 Å². The molecule has 1 heteroatoms. The van der Waals surface area contributed by atoms with Gasteiger partial charge in [0.15, 0.2) is 5.78 Å². The van der Waals surface area contributed by atoms with Crippen molar-refractivity contribution < 1.29 is 4.79 Å². The first kappa shape index (κ1) is 9.14. The summed E-state index contributed by atoms with van der Waals surface area (Å²) in [6.07, 6.45) is 1.81. The minimum atomic E-state index is 0.341. The molecule has 0 bridgehead atoms.